The van der Waals surface area contributed by atoms with Gasteiger partial charge in [-0.05, 0) is 20.8 Å². The van der Waals surface area contributed by atoms with Gasteiger partial charge in [0.05, 0.1) is 22.9 Å². The molecule has 0 radical (unpaired) electrons. The lowest BCUT2D eigenvalue weighted by atomic mass is 10.1. The number of halogens is 3. The van der Waals surface area contributed by atoms with Crippen molar-refractivity contribution in [1.82, 2.24) is 9.55 Å². The van der Waals surface area contributed by atoms with Crippen molar-refractivity contribution in [2.24, 2.45) is 0 Å². The van der Waals surface area contributed by atoms with E-state index in [1.165, 1.54) is 10.9 Å². The molecule has 0 fully saturated rings. The first-order valence-electron chi connectivity index (χ1n) is 6.75. The first-order valence-corrected chi connectivity index (χ1v) is 6.75. The van der Waals surface area contributed by atoms with Gasteiger partial charge < -0.3 is 4.57 Å². The molecule has 1 unspecified atom stereocenters. The summed E-state index contributed by atoms with van der Waals surface area (Å²) < 4.78 is 42.4. The standard InChI is InChI=1S/C16H15F3N2O/c1-4-11-14(5-2)21(8-20-16(11)22)9(3)15-12(18)6-10(17)7-13(15)19/h4-9H,1-3H3. The predicted octanol–water partition coefficient (Wildman–Crippen LogP) is 1.87. The zero-order valence-corrected chi connectivity index (χ0v) is 12.4. The first-order chi connectivity index (χ1) is 10.4. The van der Waals surface area contributed by atoms with Gasteiger partial charge in [-0.3, -0.25) is 4.79 Å². The van der Waals surface area contributed by atoms with Gasteiger partial charge in [-0.1, -0.05) is 12.2 Å². The van der Waals surface area contributed by atoms with E-state index in [0.717, 1.165) is 0 Å². The first kappa shape index (κ1) is 16.0. The van der Waals surface area contributed by atoms with Gasteiger partial charge in [-0.25, -0.2) is 13.2 Å². The predicted molar refractivity (Wildman–Crippen MR) is 78.2 cm³/mol. The van der Waals surface area contributed by atoms with Crippen molar-refractivity contribution in [3.8, 4) is 0 Å². The van der Waals surface area contributed by atoms with Gasteiger partial charge in [0.2, 0.25) is 0 Å². The highest BCUT2D eigenvalue weighted by atomic mass is 19.1. The normalized spacial score (nSPS) is 14.5. The zero-order chi connectivity index (χ0) is 16.4. The third kappa shape index (κ3) is 2.68. The Morgan fingerprint density at radius 2 is 1.73 bits per heavy atom. The van der Waals surface area contributed by atoms with Crippen LogP contribution in [0.15, 0.2) is 23.3 Å². The topological polar surface area (TPSA) is 34.9 Å². The van der Waals surface area contributed by atoms with E-state index in [1.54, 1.807) is 32.9 Å². The molecule has 0 saturated carbocycles. The molecule has 0 amide bonds. The molecule has 22 heavy (non-hydrogen) atoms. The van der Waals surface area contributed by atoms with E-state index in [4.69, 9.17) is 0 Å². The van der Waals surface area contributed by atoms with E-state index in [-0.39, 0.29) is 5.56 Å². The molecule has 2 rings (SSSR count). The van der Waals surface area contributed by atoms with E-state index in [2.05, 4.69) is 4.98 Å². The molecule has 1 atom stereocenters. The minimum atomic E-state index is -0.979. The number of aromatic nitrogens is 2. The Kier molecular flexibility index (Phi) is 4.49. The summed E-state index contributed by atoms with van der Waals surface area (Å²) in [7, 11) is 0. The number of benzene rings is 1. The highest BCUT2D eigenvalue weighted by molar-refractivity contribution is 5.28. The van der Waals surface area contributed by atoms with Gasteiger partial charge in [0, 0.05) is 17.7 Å². The number of hydrogen-bond donors (Lipinski definition) is 0. The van der Waals surface area contributed by atoms with Crippen molar-refractivity contribution in [1.29, 1.82) is 0 Å². The highest BCUT2D eigenvalue weighted by Gasteiger charge is 2.19. The van der Waals surface area contributed by atoms with Gasteiger partial charge in [0.1, 0.15) is 17.5 Å². The molecule has 0 aliphatic heterocycles. The van der Waals surface area contributed by atoms with Crippen molar-refractivity contribution in [3.05, 3.63) is 62.4 Å². The maximum Gasteiger partial charge on any atom is 0.280 e. The molecule has 1 heterocycles. The SMILES string of the molecule is CC=c1c(=O)ncn(C(C)c2c(F)cc(F)cc2F)c1=CC. The van der Waals surface area contributed by atoms with Crippen molar-refractivity contribution in [2.45, 2.75) is 26.8 Å². The van der Waals surface area contributed by atoms with E-state index >= 15 is 0 Å². The molecule has 0 saturated heterocycles. The largest absolute Gasteiger partial charge is 0.324 e. The van der Waals surface area contributed by atoms with Crippen LogP contribution in [0.5, 0.6) is 0 Å². The van der Waals surface area contributed by atoms with E-state index in [9.17, 15) is 18.0 Å². The summed E-state index contributed by atoms with van der Waals surface area (Å²) >= 11 is 0. The van der Waals surface area contributed by atoms with Gasteiger partial charge in [-0.2, -0.15) is 4.98 Å². The van der Waals surface area contributed by atoms with Gasteiger partial charge in [0.15, 0.2) is 0 Å². The molecule has 0 aliphatic rings. The maximum atomic E-state index is 14.0. The van der Waals surface area contributed by atoms with Crippen LogP contribution in [-0.4, -0.2) is 9.55 Å². The van der Waals surface area contributed by atoms with Crippen molar-refractivity contribution >= 4 is 12.2 Å². The molecule has 0 spiro atoms. The molecular formula is C16H15F3N2O. The van der Waals surface area contributed by atoms with Gasteiger partial charge in [0.25, 0.3) is 5.56 Å². The fraction of sp³-hybridized carbons (Fsp3) is 0.250. The highest BCUT2D eigenvalue weighted by Crippen LogP contribution is 2.23. The molecule has 1 aromatic carbocycles. The Labute approximate surface area is 125 Å². The Morgan fingerprint density at radius 3 is 2.23 bits per heavy atom. The summed E-state index contributed by atoms with van der Waals surface area (Å²) in [5.74, 6) is -2.94. The average molecular weight is 308 g/mol. The summed E-state index contributed by atoms with van der Waals surface area (Å²) in [6.07, 6.45) is 4.48. The molecule has 0 N–H and O–H groups in total. The second kappa shape index (κ2) is 6.17. The number of rotatable bonds is 2. The monoisotopic (exact) mass is 308 g/mol. The van der Waals surface area contributed by atoms with E-state index < -0.39 is 29.1 Å². The Bertz CT molecular complexity index is 864. The molecule has 6 heteroatoms. The Morgan fingerprint density at radius 1 is 1.14 bits per heavy atom. The smallest absolute Gasteiger partial charge is 0.280 e. The zero-order valence-electron chi connectivity index (χ0n) is 12.4. The fourth-order valence-electron chi connectivity index (χ4n) is 2.47. The third-order valence-electron chi connectivity index (χ3n) is 3.52. The fourth-order valence-corrected chi connectivity index (χ4v) is 2.47. The average Bonchev–Trinajstić information content (AvgIpc) is 2.45. The second-order valence-corrected chi connectivity index (χ2v) is 4.79. The maximum absolute atomic E-state index is 14.0. The van der Waals surface area contributed by atoms with Crippen molar-refractivity contribution in [3.63, 3.8) is 0 Å². The van der Waals surface area contributed by atoms with Gasteiger partial charge in [-0.15, -0.1) is 0 Å². The second-order valence-electron chi connectivity index (χ2n) is 4.79. The summed E-state index contributed by atoms with van der Waals surface area (Å²) in [4.78, 5) is 15.5. The summed E-state index contributed by atoms with van der Waals surface area (Å²) in [5.41, 5.74) is -0.698. The van der Waals surface area contributed by atoms with Crippen LogP contribution in [0.1, 0.15) is 32.4 Å². The molecule has 116 valence electrons. The lowest BCUT2D eigenvalue weighted by molar-refractivity contribution is 0.480. The lowest BCUT2D eigenvalue weighted by Gasteiger charge is -2.18. The van der Waals surface area contributed by atoms with Crippen LogP contribution in [0.4, 0.5) is 13.2 Å². The van der Waals surface area contributed by atoms with Crippen LogP contribution in [0.2, 0.25) is 0 Å². The number of hydrogen-bond acceptors (Lipinski definition) is 2. The minimum absolute atomic E-state index is 0.281. The van der Waals surface area contributed by atoms with Gasteiger partial charge >= 0.3 is 0 Å². The van der Waals surface area contributed by atoms with Crippen LogP contribution in [0.3, 0.4) is 0 Å². The molecule has 2 aromatic rings. The third-order valence-corrected chi connectivity index (χ3v) is 3.52. The summed E-state index contributed by atoms with van der Waals surface area (Å²) in [6.45, 7) is 4.94. The Hall–Kier alpha value is -2.37. The summed E-state index contributed by atoms with van der Waals surface area (Å²) in [5, 5.41) is 0.845. The van der Waals surface area contributed by atoms with E-state index in [0.29, 0.717) is 22.7 Å². The van der Waals surface area contributed by atoms with Crippen LogP contribution in [-0.2, 0) is 0 Å². The number of nitrogens with zero attached hydrogens (tertiary/aromatic N) is 2. The van der Waals surface area contributed by atoms with Crippen LogP contribution in [0.25, 0.3) is 12.2 Å². The quantitative estimate of drug-likeness (QED) is 0.849. The van der Waals surface area contributed by atoms with E-state index in [1.807, 2.05) is 0 Å². The van der Waals surface area contributed by atoms with Crippen molar-refractivity contribution < 1.29 is 13.2 Å². The van der Waals surface area contributed by atoms with Crippen LogP contribution >= 0.6 is 0 Å². The van der Waals surface area contributed by atoms with Crippen molar-refractivity contribution in [2.75, 3.05) is 0 Å². The van der Waals surface area contributed by atoms with Crippen LogP contribution in [0, 0.1) is 17.5 Å². The molecule has 1 aromatic heterocycles. The molecule has 0 aliphatic carbocycles. The molecule has 3 nitrogen and oxygen atoms in total. The minimum Gasteiger partial charge on any atom is -0.324 e. The lowest BCUT2D eigenvalue weighted by Crippen LogP contribution is -2.47. The Balaban J connectivity index is 2.77. The van der Waals surface area contributed by atoms with Crippen LogP contribution < -0.4 is 16.1 Å². The summed E-state index contributed by atoms with van der Waals surface area (Å²) in [6, 6.07) is 0.471. The molecule has 0 bridgehead atoms. The molecular weight excluding hydrogens is 293 g/mol.